The summed E-state index contributed by atoms with van der Waals surface area (Å²) in [7, 11) is 0. The Kier molecular flexibility index (Phi) is 4.49. The van der Waals surface area contributed by atoms with Gasteiger partial charge >= 0.3 is 0 Å². The molecular formula is C18H30O. The van der Waals surface area contributed by atoms with Crippen molar-refractivity contribution in [2.45, 2.75) is 61.8 Å². The summed E-state index contributed by atoms with van der Waals surface area (Å²) >= 11 is 0. The molecule has 1 nitrogen and oxygen atoms in total. The van der Waals surface area contributed by atoms with E-state index in [1.165, 1.54) is 11.1 Å². The quantitative estimate of drug-likeness (QED) is 0.506. The van der Waals surface area contributed by atoms with Crippen molar-refractivity contribution in [2.75, 3.05) is 0 Å². The molecule has 0 saturated carbocycles. The standard InChI is InChI=1S/C18H30O/c1-12(2)15(19)9-14(4)16-17(5,6)10-13(3)11-18(16,7)8/h9-10,12,16H,11H2,1-8H3. The molecule has 19 heavy (non-hydrogen) atoms. The van der Waals surface area contributed by atoms with Gasteiger partial charge in [-0.15, -0.1) is 0 Å². The van der Waals surface area contributed by atoms with Gasteiger partial charge in [0, 0.05) is 5.92 Å². The second-order valence-corrected chi connectivity index (χ2v) is 7.86. The van der Waals surface area contributed by atoms with Crippen LogP contribution in [0.3, 0.4) is 0 Å². The number of hydrogen-bond donors (Lipinski definition) is 0. The molecule has 0 saturated heterocycles. The fourth-order valence-corrected chi connectivity index (χ4v) is 4.27. The third-order valence-electron chi connectivity index (χ3n) is 4.27. The molecule has 0 heterocycles. The Morgan fingerprint density at radius 3 is 2.26 bits per heavy atom. The van der Waals surface area contributed by atoms with Gasteiger partial charge < -0.3 is 0 Å². The molecule has 1 aliphatic rings. The Hall–Kier alpha value is -0.850. The van der Waals surface area contributed by atoms with Crippen LogP contribution < -0.4 is 0 Å². The average molecular weight is 262 g/mol. The third kappa shape index (κ3) is 3.58. The molecule has 0 aromatic rings. The molecule has 108 valence electrons. The molecule has 1 unspecified atom stereocenters. The van der Waals surface area contributed by atoms with E-state index in [1.807, 2.05) is 19.9 Å². The van der Waals surface area contributed by atoms with Gasteiger partial charge in [-0.2, -0.15) is 0 Å². The minimum Gasteiger partial charge on any atom is -0.295 e. The van der Waals surface area contributed by atoms with E-state index in [2.05, 4.69) is 47.6 Å². The van der Waals surface area contributed by atoms with Gasteiger partial charge in [-0.1, -0.05) is 58.8 Å². The number of ketones is 1. The van der Waals surface area contributed by atoms with Crippen molar-refractivity contribution >= 4 is 5.78 Å². The van der Waals surface area contributed by atoms with Crippen LogP contribution in [-0.4, -0.2) is 5.78 Å². The van der Waals surface area contributed by atoms with Crippen molar-refractivity contribution in [3.63, 3.8) is 0 Å². The second-order valence-electron chi connectivity index (χ2n) is 7.86. The zero-order valence-electron chi connectivity index (χ0n) is 13.9. The number of rotatable bonds is 3. The first-order valence-electron chi connectivity index (χ1n) is 7.38. The Morgan fingerprint density at radius 1 is 1.32 bits per heavy atom. The number of hydrogen-bond acceptors (Lipinski definition) is 1. The summed E-state index contributed by atoms with van der Waals surface area (Å²) < 4.78 is 0. The van der Waals surface area contributed by atoms with Gasteiger partial charge in [0.1, 0.15) is 0 Å². The minimum absolute atomic E-state index is 0.0852. The van der Waals surface area contributed by atoms with Crippen LogP contribution in [0.15, 0.2) is 23.3 Å². The first-order chi connectivity index (χ1) is 8.47. The predicted molar refractivity (Wildman–Crippen MR) is 83.0 cm³/mol. The topological polar surface area (TPSA) is 17.1 Å². The van der Waals surface area contributed by atoms with Crippen molar-refractivity contribution in [3.05, 3.63) is 23.3 Å². The molecule has 0 spiro atoms. The molecule has 1 aliphatic carbocycles. The summed E-state index contributed by atoms with van der Waals surface area (Å²) in [6.45, 7) is 17.5. The Bertz CT molecular complexity index is 419. The normalized spacial score (nSPS) is 26.3. The second kappa shape index (κ2) is 5.26. The van der Waals surface area contributed by atoms with Crippen molar-refractivity contribution < 1.29 is 4.79 Å². The summed E-state index contributed by atoms with van der Waals surface area (Å²) in [5.41, 5.74) is 3.02. The highest BCUT2D eigenvalue weighted by Gasteiger charge is 2.43. The van der Waals surface area contributed by atoms with Crippen LogP contribution in [-0.2, 0) is 4.79 Å². The Morgan fingerprint density at radius 2 is 1.84 bits per heavy atom. The number of carbonyl (C=O) groups excluding carboxylic acids is 1. The monoisotopic (exact) mass is 262 g/mol. The first kappa shape index (κ1) is 16.2. The molecule has 1 heteroatoms. The lowest BCUT2D eigenvalue weighted by Crippen LogP contribution is -2.40. The van der Waals surface area contributed by atoms with E-state index in [1.54, 1.807) is 0 Å². The fraction of sp³-hybridized carbons (Fsp3) is 0.722. The van der Waals surface area contributed by atoms with Gasteiger partial charge in [0.25, 0.3) is 0 Å². The van der Waals surface area contributed by atoms with Crippen LogP contribution >= 0.6 is 0 Å². The largest absolute Gasteiger partial charge is 0.295 e. The highest BCUT2D eigenvalue weighted by Crippen LogP contribution is 2.52. The van der Waals surface area contributed by atoms with E-state index in [4.69, 9.17) is 0 Å². The molecule has 0 fully saturated rings. The van der Waals surface area contributed by atoms with E-state index >= 15 is 0 Å². The van der Waals surface area contributed by atoms with Crippen LogP contribution in [0.5, 0.6) is 0 Å². The zero-order valence-corrected chi connectivity index (χ0v) is 13.9. The highest BCUT2D eigenvalue weighted by molar-refractivity contribution is 5.91. The van der Waals surface area contributed by atoms with Crippen LogP contribution in [0, 0.1) is 22.7 Å². The lowest BCUT2D eigenvalue weighted by atomic mass is 9.56. The molecule has 0 aromatic heterocycles. The van der Waals surface area contributed by atoms with Gasteiger partial charge in [0.2, 0.25) is 0 Å². The Balaban J connectivity index is 3.19. The van der Waals surface area contributed by atoms with Crippen molar-refractivity contribution in [2.24, 2.45) is 22.7 Å². The summed E-state index contributed by atoms with van der Waals surface area (Å²) in [6.07, 6.45) is 5.38. The molecular weight excluding hydrogens is 232 g/mol. The summed E-state index contributed by atoms with van der Waals surface area (Å²) in [6, 6.07) is 0. The molecule has 0 radical (unpaired) electrons. The van der Waals surface area contributed by atoms with Crippen molar-refractivity contribution in [1.82, 2.24) is 0 Å². The lowest BCUT2D eigenvalue weighted by molar-refractivity contribution is -0.117. The summed E-state index contributed by atoms with van der Waals surface area (Å²) in [5, 5.41) is 0. The average Bonchev–Trinajstić information content (AvgIpc) is 2.11. The maximum Gasteiger partial charge on any atom is 0.158 e. The number of carbonyl (C=O) groups is 1. The summed E-state index contributed by atoms with van der Waals surface area (Å²) in [5.74, 6) is 0.754. The third-order valence-corrected chi connectivity index (χ3v) is 4.27. The van der Waals surface area contributed by atoms with Crippen LogP contribution in [0.2, 0.25) is 0 Å². The molecule has 0 amide bonds. The maximum atomic E-state index is 12.0. The van der Waals surface area contributed by atoms with Crippen LogP contribution in [0.25, 0.3) is 0 Å². The highest BCUT2D eigenvalue weighted by atomic mass is 16.1. The maximum absolute atomic E-state index is 12.0. The lowest BCUT2D eigenvalue weighted by Gasteiger charge is -2.48. The van der Waals surface area contributed by atoms with E-state index in [-0.39, 0.29) is 22.5 Å². The summed E-state index contributed by atoms with van der Waals surface area (Å²) in [4.78, 5) is 12.0. The van der Waals surface area contributed by atoms with Gasteiger partial charge in [0.05, 0.1) is 0 Å². The van der Waals surface area contributed by atoms with Crippen molar-refractivity contribution in [3.8, 4) is 0 Å². The minimum atomic E-state index is 0.0852. The van der Waals surface area contributed by atoms with Gasteiger partial charge in [-0.3, -0.25) is 4.79 Å². The van der Waals surface area contributed by atoms with Crippen LogP contribution in [0.1, 0.15) is 61.8 Å². The van der Waals surface area contributed by atoms with Gasteiger partial charge in [0.15, 0.2) is 5.78 Å². The predicted octanol–water partition coefficient (Wildman–Crippen LogP) is 5.18. The van der Waals surface area contributed by atoms with E-state index in [0.717, 1.165) is 6.42 Å². The molecule has 1 rings (SSSR count). The molecule has 0 bridgehead atoms. The van der Waals surface area contributed by atoms with Crippen molar-refractivity contribution in [1.29, 1.82) is 0 Å². The molecule has 0 aliphatic heterocycles. The molecule has 0 N–H and O–H groups in total. The molecule has 1 atom stereocenters. The zero-order chi connectivity index (χ0) is 15.0. The van der Waals surface area contributed by atoms with Gasteiger partial charge in [-0.05, 0) is 43.1 Å². The van der Waals surface area contributed by atoms with E-state index in [0.29, 0.717) is 5.92 Å². The van der Waals surface area contributed by atoms with E-state index in [9.17, 15) is 4.79 Å². The fourth-order valence-electron chi connectivity index (χ4n) is 4.27. The first-order valence-corrected chi connectivity index (χ1v) is 7.38. The van der Waals surface area contributed by atoms with Gasteiger partial charge in [-0.25, -0.2) is 0 Å². The Labute approximate surface area is 119 Å². The smallest absolute Gasteiger partial charge is 0.158 e. The van der Waals surface area contributed by atoms with Crippen LogP contribution in [0.4, 0.5) is 0 Å². The van der Waals surface area contributed by atoms with E-state index < -0.39 is 0 Å². The SMILES string of the molecule is CC1=CC(C)(C)C(C(C)=CC(=O)C(C)C)C(C)(C)C1. The molecule has 0 aromatic carbocycles. The number of allylic oxidation sites excluding steroid dienone is 4.